The first kappa shape index (κ1) is 15.5. The van der Waals surface area contributed by atoms with E-state index in [1.54, 1.807) is 6.92 Å². The van der Waals surface area contributed by atoms with E-state index >= 15 is 0 Å². The van der Waals surface area contributed by atoms with Gasteiger partial charge in [-0.2, -0.15) is 0 Å². The lowest BCUT2D eigenvalue weighted by molar-refractivity contribution is 0.268. The number of hydrogen-bond donors (Lipinski definition) is 2. The summed E-state index contributed by atoms with van der Waals surface area (Å²) in [5.41, 5.74) is -0.293. The summed E-state index contributed by atoms with van der Waals surface area (Å²) in [7, 11) is -3.39. The van der Waals surface area contributed by atoms with Crippen LogP contribution in [0, 0.1) is 0 Å². The normalized spacial score (nSPS) is 15.6. The predicted molar refractivity (Wildman–Crippen MR) is 66.6 cm³/mol. The molecule has 0 aromatic heterocycles. The maximum absolute atomic E-state index is 11.4. The fraction of sp³-hybridized carbons (Fsp3) is 0.900. The maximum Gasteiger partial charge on any atom is 0.178 e. The average Bonchev–Trinajstić information content (AvgIpc) is 2.11. The molecule has 6 heteroatoms. The number of hydrogen-bond acceptors (Lipinski definition) is 5. The molecule has 2 N–H and O–H groups in total. The van der Waals surface area contributed by atoms with Gasteiger partial charge in [0.15, 0.2) is 15.3 Å². The molecule has 0 aromatic carbocycles. The first-order chi connectivity index (χ1) is 7.25. The van der Waals surface area contributed by atoms with Crippen molar-refractivity contribution in [1.82, 2.24) is 5.32 Å². The molecule has 0 amide bonds. The number of rotatable bonds is 7. The highest BCUT2D eigenvalue weighted by Crippen LogP contribution is 2.00. The molecule has 0 aliphatic rings. The quantitative estimate of drug-likeness (QED) is 0.500. The van der Waals surface area contributed by atoms with Crippen molar-refractivity contribution < 1.29 is 13.5 Å². The SMILES string of the molecule is CC(C)=NCCNC(C)CS(=O)(=O)C(C)O. The molecule has 16 heavy (non-hydrogen) atoms. The van der Waals surface area contributed by atoms with E-state index in [1.165, 1.54) is 6.92 Å². The summed E-state index contributed by atoms with van der Waals surface area (Å²) in [4.78, 5) is 4.18. The summed E-state index contributed by atoms with van der Waals surface area (Å²) in [5, 5.41) is 12.1. The number of nitrogens with zero attached hydrogens (tertiary/aromatic N) is 1. The van der Waals surface area contributed by atoms with Crippen LogP contribution in [0.4, 0.5) is 0 Å². The summed E-state index contributed by atoms with van der Waals surface area (Å²) in [5.74, 6) is -0.0561. The Labute approximate surface area is 97.9 Å². The zero-order chi connectivity index (χ0) is 12.8. The van der Waals surface area contributed by atoms with Crippen LogP contribution in [-0.2, 0) is 9.84 Å². The van der Waals surface area contributed by atoms with Gasteiger partial charge >= 0.3 is 0 Å². The lowest BCUT2D eigenvalue weighted by Crippen LogP contribution is -2.37. The van der Waals surface area contributed by atoms with Gasteiger partial charge < -0.3 is 10.4 Å². The van der Waals surface area contributed by atoms with Gasteiger partial charge in [0.25, 0.3) is 0 Å². The molecule has 5 nitrogen and oxygen atoms in total. The summed E-state index contributed by atoms with van der Waals surface area (Å²) in [6.07, 6.45) is 0. The Morgan fingerprint density at radius 1 is 1.38 bits per heavy atom. The van der Waals surface area contributed by atoms with E-state index in [2.05, 4.69) is 10.3 Å². The van der Waals surface area contributed by atoms with Crippen molar-refractivity contribution in [1.29, 1.82) is 0 Å². The van der Waals surface area contributed by atoms with E-state index in [9.17, 15) is 8.42 Å². The lowest BCUT2D eigenvalue weighted by Gasteiger charge is -2.14. The van der Waals surface area contributed by atoms with Crippen LogP contribution < -0.4 is 5.32 Å². The molecular formula is C10H22N2O3S. The van der Waals surface area contributed by atoms with Crippen molar-refractivity contribution in [3.8, 4) is 0 Å². The third-order valence-corrected chi connectivity index (χ3v) is 4.04. The molecule has 0 aliphatic heterocycles. The van der Waals surface area contributed by atoms with Crippen LogP contribution in [0.25, 0.3) is 0 Å². The molecule has 0 fully saturated rings. The summed E-state index contributed by atoms with van der Waals surface area (Å²) in [6.45, 7) is 8.17. The number of aliphatic hydroxyl groups excluding tert-OH is 1. The standard InChI is InChI=1S/C10H22N2O3S/c1-8(2)11-5-6-12-9(3)7-16(14,15)10(4)13/h9-10,12-13H,5-7H2,1-4H3. The van der Waals surface area contributed by atoms with Gasteiger partial charge in [-0.25, -0.2) is 8.42 Å². The van der Waals surface area contributed by atoms with Gasteiger partial charge in [0.05, 0.1) is 12.3 Å². The van der Waals surface area contributed by atoms with Crippen LogP contribution in [0.5, 0.6) is 0 Å². The Balaban J connectivity index is 3.92. The van der Waals surface area contributed by atoms with Gasteiger partial charge in [0.2, 0.25) is 0 Å². The molecule has 0 bridgehead atoms. The molecule has 0 saturated heterocycles. The van der Waals surface area contributed by atoms with Crippen molar-refractivity contribution in [3.63, 3.8) is 0 Å². The summed E-state index contributed by atoms with van der Waals surface area (Å²) < 4.78 is 22.7. The zero-order valence-electron chi connectivity index (χ0n) is 10.4. The minimum Gasteiger partial charge on any atom is -0.377 e. The van der Waals surface area contributed by atoms with Crippen molar-refractivity contribution >= 4 is 15.5 Å². The number of aliphatic imine (C=N–C) groups is 1. The fourth-order valence-electron chi connectivity index (χ4n) is 1.14. The van der Waals surface area contributed by atoms with E-state index < -0.39 is 15.3 Å². The lowest BCUT2D eigenvalue weighted by atomic mass is 10.4. The predicted octanol–water partition coefficient (Wildman–Crippen LogP) is 0.198. The van der Waals surface area contributed by atoms with E-state index in [4.69, 9.17) is 5.11 Å². The second-order valence-electron chi connectivity index (χ2n) is 4.11. The van der Waals surface area contributed by atoms with Crippen LogP contribution in [-0.4, -0.2) is 49.6 Å². The number of sulfone groups is 1. The Morgan fingerprint density at radius 3 is 2.38 bits per heavy atom. The highest BCUT2D eigenvalue weighted by molar-refractivity contribution is 7.91. The van der Waals surface area contributed by atoms with E-state index in [0.29, 0.717) is 13.1 Å². The molecule has 0 radical (unpaired) electrons. The molecule has 96 valence electrons. The highest BCUT2D eigenvalue weighted by atomic mass is 32.2. The topological polar surface area (TPSA) is 78.8 Å². The monoisotopic (exact) mass is 250 g/mol. The van der Waals surface area contributed by atoms with Crippen LogP contribution in [0.2, 0.25) is 0 Å². The average molecular weight is 250 g/mol. The van der Waals surface area contributed by atoms with Gasteiger partial charge in [-0.15, -0.1) is 0 Å². The van der Waals surface area contributed by atoms with Gasteiger partial charge in [-0.05, 0) is 27.7 Å². The molecule has 0 aromatic rings. The molecule has 0 saturated carbocycles. The Bertz CT molecular complexity index is 319. The highest BCUT2D eigenvalue weighted by Gasteiger charge is 2.20. The van der Waals surface area contributed by atoms with Gasteiger partial charge in [-0.3, -0.25) is 4.99 Å². The minimum absolute atomic E-state index is 0.0561. The van der Waals surface area contributed by atoms with Crippen LogP contribution >= 0.6 is 0 Å². The first-order valence-corrected chi connectivity index (χ1v) is 7.08. The second-order valence-corrected chi connectivity index (χ2v) is 6.45. The Morgan fingerprint density at radius 2 is 1.94 bits per heavy atom. The Hall–Kier alpha value is -0.460. The van der Waals surface area contributed by atoms with E-state index in [-0.39, 0.29) is 11.8 Å². The Kier molecular flexibility index (Phi) is 6.78. The second kappa shape index (κ2) is 6.98. The summed E-state index contributed by atoms with van der Waals surface area (Å²) in [6, 6.07) is -0.174. The molecule has 0 aliphatic carbocycles. The first-order valence-electron chi connectivity index (χ1n) is 5.36. The third-order valence-electron chi connectivity index (χ3n) is 2.03. The van der Waals surface area contributed by atoms with Crippen LogP contribution in [0.1, 0.15) is 27.7 Å². The van der Waals surface area contributed by atoms with Crippen LogP contribution in [0.15, 0.2) is 4.99 Å². The number of aliphatic hydroxyl groups is 1. The fourth-order valence-corrected chi connectivity index (χ4v) is 2.23. The minimum atomic E-state index is -3.39. The van der Waals surface area contributed by atoms with Crippen molar-refractivity contribution in [2.24, 2.45) is 4.99 Å². The zero-order valence-corrected chi connectivity index (χ0v) is 11.2. The molecular weight excluding hydrogens is 228 g/mol. The van der Waals surface area contributed by atoms with Crippen molar-refractivity contribution in [2.75, 3.05) is 18.8 Å². The van der Waals surface area contributed by atoms with Gasteiger partial charge in [-0.1, -0.05) is 0 Å². The largest absolute Gasteiger partial charge is 0.377 e. The van der Waals surface area contributed by atoms with E-state index in [1.807, 2.05) is 13.8 Å². The molecule has 2 unspecified atom stereocenters. The smallest absolute Gasteiger partial charge is 0.178 e. The van der Waals surface area contributed by atoms with Gasteiger partial charge in [0, 0.05) is 18.3 Å². The van der Waals surface area contributed by atoms with E-state index in [0.717, 1.165) is 5.71 Å². The molecule has 0 heterocycles. The molecule has 0 spiro atoms. The van der Waals surface area contributed by atoms with Gasteiger partial charge in [0.1, 0.15) is 0 Å². The van der Waals surface area contributed by atoms with Crippen molar-refractivity contribution in [2.45, 2.75) is 39.2 Å². The maximum atomic E-state index is 11.4. The summed E-state index contributed by atoms with van der Waals surface area (Å²) >= 11 is 0. The van der Waals surface area contributed by atoms with Crippen molar-refractivity contribution in [3.05, 3.63) is 0 Å². The molecule has 0 rings (SSSR count). The van der Waals surface area contributed by atoms with Crippen LogP contribution in [0.3, 0.4) is 0 Å². The number of nitrogens with one attached hydrogen (secondary N) is 1. The molecule has 2 atom stereocenters. The third kappa shape index (κ3) is 6.92.